The number of nitrogens with zero attached hydrogens (tertiary/aromatic N) is 2. The van der Waals surface area contributed by atoms with Gasteiger partial charge in [-0.25, -0.2) is 4.68 Å². The minimum Gasteiger partial charge on any atom is -0.457 e. The van der Waals surface area contributed by atoms with Crippen LogP contribution in [0.3, 0.4) is 0 Å². The first-order chi connectivity index (χ1) is 13.6. The predicted octanol–water partition coefficient (Wildman–Crippen LogP) is 3.72. The molecule has 1 amide bonds. The summed E-state index contributed by atoms with van der Waals surface area (Å²) in [6.45, 7) is 1.68. The number of fused-ring (bicyclic) bond motifs is 1. The maximum atomic E-state index is 12.6. The maximum absolute atomic E-state index is 12.6. The van der Waals surface area contributed by atoms with Gasteiger partial charge in [-0.1, -0.05) is 18.2 Å². The second-order valence-corrected chi connectivity index (χ2v) is 6.86. The van der Waals surface area contributed by atoms with Gasteiger partial charge >= 0.3 is 0 Å². The predicted molar refractivity (Wildman–Crippen MR) is 107 cm³/mol. The molecule has 0 aliphatic heterocycles. The summed E-state index contributed by atoms with van der Waals surface area (Å²) in [5.41, 5.74) is 2.31. The number of hydrogen-bond acceptors (Lipinski definition) is 4. The third-order valence-electron chi connectivity index (χ3n) is 4.83. The number of carbonyl (C=O) groups excluding carboxylic acids is 1. The monoisotopic (exact) mass is 375 g/mol. The Hall–Kier alpha value is -3.41. The van der Waals surface area contributed by atoms with E-state index in [-0.39, 0.29) is 11.5 Å². The highest BCUT2D eigenvalue weighted by atomic mass is 16.5. The first kappa shape index (κ1) is 18.0. The van der Waals surface area contributed by atoms with E-state index in [0.717, 1.165) is 36.3 Å². The fraction of sp³-hybridized carbons (Fsp3) is 0.227. The molecule has 2 aromatic carbocycles. The van der Waals surface area contributed by atoms with E-state index in [0.29, 0.717) is 11.4 Å². The van der Waals surface area contributed by atoms with Crippen LogP contribution in [0.15, 0.2) is 65.5 Å². The fourth-order valence-electron chi connectivity index (χ4n) is 3.28. The van der Waals surface area contributed by atoms with Crippen molar-refractivity contribution in [3.8, 4) is 11.5 Å². The molecule has 1 N–H and O–H groups in total. The van der Waals surface area contributed by atoms with E-state index in [1.165, 1.54) is 4.68 Å². The third-order valence-corrected chi connectivity index (χ3v) is 4.83. The Labute approximate surface area is 162 Å². The highest BCUT2D eigenvalue weighted by Crippen LogP contribution is 2.23. The molecule has 1 unspecified atom stereocenters. The van der Waals surface area contributed by atoms with Gasteiger partial charge in [0.15, 0.2) is 0 Å². The van der Waals surface area contributed by atoms with Crippen LogP contribution in [0.5, 0.6) is 11.5 Å². The van der Waals surface area contributed by atoms with Gasteiger partial charge in [-0.05, 0) is 68.1 Å². The molecule has 1 aliphatic rings. The number of carbonyl (C=O) groups is 1. The molecular formula is C22H21N3O3. The Bertz CT molecular complexity index is 1040. The van der Waals surface area contributed by atoms with E-state index in [4.69, 9.17) is 4.74 Å². The van der Waals surface area contributed by atoms with E-state index in [1.807, 2.05) is 30.3 Å². The summed E-state index contributed by atoms with van der Waals surface area (Å²) in [7, 11) is 0. The van der Waals surface area contributed by atoms with Gasteiger partial charge in [0, 0.05) is 11.8 Å². The molecule has 28 heavy (non-hydrogen) atoms. The fourth-order valence-corrected chi connectivity index (χ4v) is 3.28. The first-order valence-electron chi connectivity index (χ1n) is 9.35. The number of aromatic nitrogens is 2. The van der Waals surface area contributed by atoms with Crippen LogP contribution >= 0.6 is 0 Å². The number of para-hydroxylation sites is 1. The van der Waals surface area contributed by atoms with Gasteiger partial charge in [-0.15, -0.1) is 0 Å². The normalized spacial score (nSPS) is 13.6. The van der Waals surface area contributed by atoms with Crippen molar-refractivity contribution in [3.05, 3.63) is 82.3 Å². The van der Waals surface area contributed by atoms with E-state index in [1.54, 1.807) is 37.3 Å². The molecule has 6 nitrogen and oxygen atoms in total. The van der Waals surface area contributed by atoms with Gasteiger partial charge in [0.25, 0.3) is 5.56 Å². The van der Waals surface area contributed by atoms with Crippen LogP contribution in [0.2, 0.25) is 0 Å². The number of rotatable bonds is 5. The van der Waals surface area contributed by atoms with Crippen molar-refractivity contribution in [2.45, 2.75) is 32.2 Å². The Morgan fingerprint density at radius 3 is 2.54 bits per heavy atom. The smallest absolute Gasteiger partial charge is 0.267 e. The van der Waals surface area contributed by atoms with Crippen LogP contribution in [-0.4, -0.2) is 15.7 Å². The van der Waals surface area contributed by atoms with E-state index in [2.05, 4.69) is 10.4 Å². The average Bonchev–Trinajstić information content (AvgIpc) is 3.16. The molecule has 1 heterocycles. The van der Waals surface area contributed by atoms with E-state index in [9.17, 15) is 9.59 Å². The molecule has 142 valence electrons. The lowest BCUT2D eigenvalue weighted by Gasteiger charge is -2.15. The van der Waals surface area contributed by atoms with Gasteiger partial charge in [0.2, 0.25) is 5.91 Å². The average molecular weight is 375 g/mol. The zero-order chi connectivity index (χ0) is 19.5. The molecule has 3 aromatic rings. The second-order valence-electron chi connectivity index (χ2n) is 6.86. The van der Waals surface area contributed by atoms with Crippen LogP contribution in [0, 0.1) is 0 Å². The lowest BCUT2D eigenvalue weighted by molar-refractivity contribution is -0.119. The van der Waals surface area contributed by atoms with Crippen molar-refractivity contribution in [2.75, 3.05) is 5.32 Å². The lowest BCUT2D eigenvalue weighted by Crippen LogP contribution is -2.33. The quantitative estimate of drug-likeness (QED) is 0.738. The third kappa shape index (κ3) is 3.81. The van der Waals surface area contributed by atoms with E-state index < -0.39 is 6.04 Å². The van der Waals surface area contributed by atoms with Crippen molar-refractivity contribution in [1.29, 1.82) is 0 Å². The largest absolute Gasteiger partial charge is 0.457 e. The molecule has 0 radical (unpaired) electrons. The lowest BCUT2D eigenvalue weighted by atomic mass is 10.2. The Morgan fingerprint density at radius 1 is 1.07 bits per heavy atom. The molecule has 1 aliphatic carbocycles. The standard InChI is InChI=1S/C22H21N3O3/c1-15(25-21(26)14-16-6-5-9-20(16)24-25)22(27)23-17-10-12-19(13-11-17)28-18-7-3-2-4-8-18/h2-4,7-8,10-15H,5-6,9H2,1H3,(H,23,27). The van der Waals surface area contributed by atoms with Gasteiger partial charge in [0.1, 0.15) is 17.5 Å². The maximum Gasteiger partial charge on any atom is 0.267 e. The Balaban J connectivity index is 1.44. The van der Waals surface area contributed by atoms with Gasteiger partial charge in [-0.2, -0.15) is 5.10 Å². The number of nitrogens with one attached hydrogen (secondary N) is 1. The number of benzene rings is 2. The number of anilines is 1. The van der Waals surface area contributed by atoms with Crippen molar-refractivity contribution in [2.24, 2.45) is 0 Å². The summed E-state index contributed by atoms with van der Waals surface area (Å²) in [5, 5.41) is 7.23. The summed E-state index contributed by atoms with van der Waals surface area (Å²) in [6, 6.07) is 17.5. The van der Waals surface area contributed by atoms with Gasteiger partial charge in [0.05, 0.1) is 5.69 Å². The summed E-state index contributed by atoms with van der Waals surface area (Å²) < 4.78 is 7.02. The molecule has 0 spiro atoms. The van der Waals surface area contributed by atoms with Crippen molar-refractivity contribution < 1.29 is 9.53 Å². The van der Waals surface area contributed by atoms with E-state index >= 15 is 0 Å². The van der Waals surface area contributed by atoms with Crippen molar-refractivity contribution >= 4 is 11.6 Å². The van der Waals surface area contributed by atoms with Crippen LogP contribution in [0.1, 0.15) is 30.6 Å². The van der Waals surface area contributed by atoms with Crippen molar-refractivity contribution in [3.63, 3.8) is 0 Å². The molecule has 0 saturated heterocycles. The zero-order valence-electron chi connectivity index (χ0n) is 15.6. The molecule has 4 rings (SSSR count). The van der Waals surface area contributed by atoms with Gasteiger partial charge < -0.3 is 10.1 Å². The molecule has 1 aromatic heterocycles. The minimum atomic E-state index is -0.696. The molecule has 6 heteroatoms. The number of hydrogen-bond donors (Lipinski definition) is 1. The highest BCUT2D eigenvalue weighted by Gasteiger charge is 2.21. The number of ether oxygens (including phenoxy) is 1. The molecule has 0 bridgehead atoms. The molecule has 0 fully saturated rings. The minimum absolute atomic E-state index is 0.241. The summed E-state index contributed by atoms with van der Waals surface area (Å²) >= 11 is 0. The van der Waals surface area contributed by atoms with Crippen LogP contribution in [0.25, 0.3) is 0 Å². The molecular weight excluding hydrogens is 354 g/mol. The number of amides is 1. The first-order valence-corrected chi connectivity index (χ1v) is 9.35. The topological polar surface area (TPSA) is 73.2 Å². The van der Waals surface area contributed by atoms with Gasteiger partial charge in [-0.3, -0.25) is 9.59 Å². The number of aryl methyl sites for hydroxylation is 2. The van der Waals surface area contributed by atoms with Crippen LogP contribution < -0.4 is 15.6 Å². The summed E-state index contributed by atoms with van der Waals surface area (Å²) in [4.78, 5) is 24.9. The summed E-state index contributed by atoms with van der Waals surface area (Å²) in [5.74, 6) is 1.13. The zero-order valence-corrected chi connectivity index (χ0v) is 15.6. The SMILES string of the molecule is CC(C(=O)Nc1ccc(Oc2ccccc2)cc1)n1nc2c(cc1=O)CCC2. The molecule has 1 atom stereocenters. The molecule has 0 saturated carbocycles. The Morgan fingerprint density at radius 2 is 1.79 bits per heavy atom. The highest BCUT2D eigenvalue weighted by molar-refractivity contribution is 5.93. The van der Waals surface area contributed by atoms with Crippen LogP contribution in [0.4, 0.5) is 5.69 Å². The summed E-state index contributed by atoms with van der Waals surface area (Å²) in [6.07, 6.45) is 2.74. The second kappa shape index (κ2) is 7.68. The van der Waals surface area contributed by atoms with Crippen LogP contribution in [-0.2, 0) is 17.6 Å². The Kier molecular flexibility index (Phi) is 4.93. The van der Waals surface area contributed by atoms with Crippen molar-refractivity contribution in [1.82, 2.24) is 9.78 Å².